The van der Waals surface area contributed by atoms with E-state index in [0.717, 1.165) is 24.8 Å². The highest BCUT2D eigenvalue weighted by Gasteiger charge is 2.97. The number of aliphatic hydroxyl groups excluding tert-OH is 2. The van der Waals surface area contributed by atoms with E-state index in [1.807, 2.05) is 20.8 Å². The highest BCUT2D eigenvalue weighted by molar-refractivity contribution is 5.72. The molecule has 198 valence electrons. The molecular weight excluding hydrogens is 458 g/mol. The summed E-state index contributed by atoms with van der Waals surface area (Å²) in [6.45, 7) is 12.3. The quantitative estimate of drug-likeness (QED) is 0.343. The Kier molecular flexibility index (Phi) is 4.44. The van der Waals surface area contributed by atoms with Crippen molar-refractivity contribution in [3.63, 3.8) is 0 Å². The number of carbonyl (C=O) groups excluding carboxylic acids is 2. The van der Waals surface area contributed by atoms with Crippen LogP contribution in [-0.2, 0) is 19.1 Å². The van der Waals surface area contributed by atoms with Crippen molar-refractivity contribution in [1.29, 1.82) is 0 Å². The first kappa shape index (κ1) is 23.7. The molecule has 6 aliphatic carbocycles. The normalized spacial score (nSPS) is 59.4. The fourth-order valence-corrected chi connectivity index (χ4v) is 12.4. The summed E-state index contributed by atoms with van der Waals surface area (Å²) < 4.78 is 13.0. The van der Waals surface area contributed by atoms with E-state index in [1.165, 1.54) is 0 Å². The molecule has 15 atom stereocenters. The summed E-state index contributed by atoms with van der Waals surface area (Å²) >= 11 is 0. The molecule has 0 radical (unpaired) electrons. The van der Waals surface area contributed by atoms with Gasteiger partial charge in [0.25, 0.3) is 0 Å². The van der Waals surface area contributed by atoms with Gasteiger partial charge in [0, 0.05) is 36.0 Å². The highest BCUT2D eigenvalue weighted by Crippen LogP contribution is 2.89. The van der Waals surface area contributed by atoms with Gasteiger partial charge in [-0.05, 0) is 31.1 Å². The fourth-order valence-electron chi connectivity index (χ4n) is 12.4. The average Bonchev–Trinajstić information content (AvgIpc) is 3.14. The van der Waals surface area contributed by atoms with Crippen molar-refractivity contribution in [2.75, 3.05) is 7.05 Å². The third-order valence-corrected chi connectivity index (χ3v) is 13.0. The maximum absolute atomic E-state index is 13.1. The molecule has 7 heteroatoms. The molecular formula is C29H42NO6+. The summed E-state index contributed by atoms with van der Waals surface area (Å²) in [5, 5.41) is 24.2. The summed E-state index contributed by atoms with van der Waals surface area (Å²) in [6, 6.07) is 0.394. The first-order valence-corrected chi connectivity index (χ1v) is 14.2. The monoisotopic (exact) mass is 500 g/mol. The Morgan fingerprint density at radius 2 is 1.89 bits per heavy atom. The maximum atomic E-state index is 13.1. The predicted octanol–water partition coefficient (Wildman–Crippen LogP) is 2.78. The van der Waals surface area contributed by atoms with E-state index in [4.69, 9.17) is 9.47 Å². The van der Waals surface area contributed by atoms with Crippen LogP contribution in [0.5, 0.6) is 0 Å². The Bertz CT molecular complexity index is 1080. The summed E-state index contributed by atoms with van der Waals surface area (Å²) in [5.41, 5.74) is 0.249. The minimum atomic E-state index is -0.627. The molecule has 9 aliphatic rings. The maximum Gasteiger partial charge on any atom is 0.308 e. The molecule has 0 aromatic carbocycles. The van der Waals surface area contributed by atoms with Crippen LogP contribution in [0.1, 0.15) is 66.2 Å². The molecule has 0 aromatic rings. The molecule has 0 aromatic heterocycles. The van der Waals surface area contributed by atoms with Gasteiger partial charge in [0.15, 0.2) is 6.23 Å². The van der Waals surface area contributed by atoms with Gasteiger partial charge in [-0.3, -0.25) is 14.1 Å². The lowest BCUT2D eigenvalue weighted by Gasteiger charge is -2.64. The second-order valence-electron chi connectivity index (χ2n) is 14.1. The first-order chi connectivity index (χ1) is 16.9. The zero-order valence-electron chi connectivity index (χ0n) is 22.3. The van der Waals surface area contributed by atoms with Crippen molar-refractivity contribution in [2.24, 2.45) is 45.8 Å². The van der Waals surface area contributed by atoms with Gasteiger partial charge in [-0.25, -0.2) is 0 Å². The minimum Gasteiger partial charge on any atom is -0.462 e. The van der Waals surface area contributed by atoms with Crippen LogP contribution in [0.25, 0.3) is 0 Å². The molecule has 3 heterocycles. The van der Waals surface area contributed by atoms with Crippen LogP contribution in [0.2, 0.25) is 0 Å². The zero-order chi connectivity index (χ0) is 25.7. The van der Waals surface area contributed by atoms with E-state index >= 15 is 0 Å². The lowest BCUT2D eigenvalue weighted by atomic mass is 9.39. The molecule has 3 saturated heterocycles. The SMILES string of the molecule is C=C1C[C@@]23C[C@H]4[C@@H]5[C@@]6(C)C[C@H](OC(=O)CC)C[C@@]57[C@@H]2[C@H](O)[C@@H]1[C@H](OC(=O)[C@@H](C)CC)C3[C@H]7[N+]4(C)[C@H]6O. The molecule has 2 spiro atoms. The van der Waals surface area contributed by atoms with Crippen LogP contribution in [-0.4, -0.2) is 70.3 Å². The molecule has 7 nitrogen and oxygen atoms in total. The molecule has 3 aliphatic heterocycles. The molecule has 9 bridgehead atoms. The minimum absolute atomic E-state index is 0.0604. The molecule has 6 saturated carbocycles. The summed E-state index contributed by atoms with van der Waals surface area (Å²) in [7, 11) is 2.23. The van der Waals surface area contributed by atoms with E-state index in [9.17, 15) is 19.8 Å². The van der Waals surface area contributed by atoms with Crippen molar-refractivity contribution in [3.8, 4) is 0 Å². The first-order valence-electron chi connectivity index (χ1n) is 14.2. The van der Waals surface area contributed by atoms with E-state index in [2.05, 4.69) is 20.6 Å². The highest BCUT2D eigenvalue weighted by atomic mass is 16.5. The topological polar surface area (TPSA) is 93.1 Å². The van der Waals surface area contributed by atoms with Crippen molar-refractivity contribution in [1.82, 2.24) is 0 Å². The van der Waals surface area contributed by atoms with Crippen LogP contribution in [0.4, 0.5) is 0 Å². The number of piperidine rings is 2. The number of esters is 2. The van der Waals surface area contributed by atoms with Gasteiger partial charge < -0.3 is 19.7 Å². The van der Waals surface area contributed by atoms with Crippen molar-refractivity contribution in [2.45, 2.75) is 103 Å². The number of carbonyl (C=O) groups is 2. The van der Waals surface area contributed by atoms with Crippen molar-refractivity contribution in [3.05, 3.63) is 12.2 Å². The number of ether oxygens (including phenoxy) is 2. The Morgan fingerprint density at radius 1 is 1.17 bits per heavy atom. The van der Waals surface area contributed by atoms with Crippen molar-refractivity contribution >= 4 is 11.9 Å². The Morgan fingerprint density at radius 3 is 2.56 bits per heavy atom. The van der Waals surface area contributed by atoms with Gasteiger partial charge in [-0.15, -0.1) is 0 Å². The standard InChI is InChI=1S/C29H42NO6/c1-7-13(3)25(33)36-21-18-14(4)9-28-12-16-22-27(5)10-15(35-17(31)8-2)11-29(22,23(28)20(18)32)24(19(21)28)30(16,6)26(27)34/h13,15-16,18-24,26,32,34H,4,7-12H2,1-3,5-6H3/q+1/t13-,15-,16-,18+,19?,20+,21-,22+,23+,24+,26-,27+,28-,29-,30?/m0/s1. The Labute approximate surface area is 213 Å². The summed E-state index contributed by atoms with van der Waals surface area (Å²) in [4.78, 5) is 25.6. The fraction of sp³-hybridized carbons (Fsp3) is 0.862. The Balaban J connectivity index is 1.40. The largest absolute Gasteiger partial charge is 0.462 e. The van der Waals surface area contributed by atoms with Crippen molar-refractivity contribution < 1.29 is 33.8 Å². The molecule has 0 amide bonds. The number of aliphatic hydroxyl groups is 2. The molecule has 36 heavy (non-hydrogen) atoms. The lowest BCUT2D eigenvalue weighted by Crippen LogP contribution is -2.72. The van der Waals surface area contributed by atoms with Gasteiger partial charge in [0.1, 0.15) is 18.2 Å². The number of nitrogens with zero attached hydrogens (tertiary/aromatic N) is 1. The second kappa shape index (κ2) is 6.76. The zero-order valence-corrected chi connectivity index (χ0v) is 22.3. The molecule has 2 N–H and O–H groups in total. The van der Waals surface area contributed by atoms with Crippen LogP contribution in [0, 0.1) is 45.8 Å². The molecule has 9 fully saturated rings. The van der Waals surface area contributed by atoms with E-state index < -0.39 is 18.4 Å². The van der Waals surface area contributed by atoms with E-state index in [-0.39, 0.29) is 69.9 Å². The van der Waals surface area contributed by atoms with Gasteiger partial charge in [0.2, 0.25) is 0 Å². The summed E-state index contributed by atoms with van der Waals surface area (Å²) in [5.74, 6) is -0.435. The van der Waals surface area contributed by atoms with Crippen LogP contribution >= 0.6 is 0 Å². The van der Waals surface area contributed by atoms with E-state index in [1.54, 1.807) is 0 Å². The molecule has 9 rings (SSSR count). The number of rotatable bonds is 5. The number of hydrogen-bond acceptors (Lipinski definition) is 6. The lowest BCUT2D eigenvalue weighted by molar-refractivity contribution is -0.993. The molecule has 2 unspecified atom stereocenters. The van der Waals surface area contributed by atoms with Crippen LogP contribution < -0.4 is 0 Å². The number of hydrogen-bond donors (Lipinski definition) is 2. The third kappa shape index (κ3) is 2.16. The Hall–Kier alpha value is -1.44. The van der Waals surface area contributed by atoms with Crippen LogP contribution in [0.15, 0.2) is 12.2 Å². The summed E-state index contributed by atoms with van der Waals surface area (Å²) in [6.07, 6.45) is 2.42. The van der Waals surface area contributed by atoms with Gasteiger partial charge in [0.05, 0.1) is 36.4 Å². The van der Waals surface area contributed by atoms with E-state index in [0.29, 0.717) is 29.8 Å². The third-order valence-electron chi connectivity index (χ3n) is 13.0. The number of fused-ring (bicyclic) bond motifs is 1. The number of quaternary nitrogens is 1. The second-order valence-corrected chi connectivity index (χ2v) is 14.1. The van der Waals surface area contributed by atoms with Crippen LogP contribution in [0.3, 0.4) is 0 Å². The smallest absolute Gasteiger partial charge is 0.308 e. The van der Waals surface area contributed by atoms with Gasteiger partial charge in [-0.2, -0.15) is 0 Å². The average molecular weight is 501 g/mol. The van der Waals surface area contributed by atoms with Gasteiger partial charge >= 0.3 is 11.9 Å². The van der Waals surface area contributed by atoms with Gasteiger partial charge in [-0.1, -0.05) is 39.8 Å². The predicted molar refractivity (Wildman–Crippen MR) is 130 cm³/mol.